The Morgan fingerprint density at radius 2 is 2.00 bits per heavy atom. The topological polar surface area (TPSA) is 70.3 Å². The van der Waals surface area contributed by atoms with Gasteiger partial charge in [-0.05, 0) is 54.9 Å². The van der Waals surface area contributed by atoms with Crippen LogP contribution in [0.15, 0.2) is 17.2 Å². The van der Waals surface area contributed by atoms with Crippen LogP contribution in [0.3, 0.4) is 0 Å². The number of quaternary nitrogens is 1. The van der Waals surface area contributed by atoms with Gasteiger partial charge in [0.25, 0.3) is 0 Å². The van der Waals surface area contributed by atoms with Crippen LogP contribution in [-0.2, 0) is 4.74 Å². The zero-order chi connectivity index (χ0) is 16.7. The van der Waals surface area contributed by atoms with Gasteiger partial charge in [-0.1, -0.05) is 0 Å². The Labute approximate surface area is 142 Å². The number of nitrogens with zero attached hydrogens (tertiary/aromatic N) is 1. The van der Waals surface area contributed by atoms with Crippen molar-refractivity contribution < 1.29 is 14.7 Å². The molecule has 0 unspecified atom stereocenters. The van der Waals surface area contributed by atoms with Gasteiger partial charge in [-0.25, -0.2) is 0 Å². The molecule has 1 aromatic carbocycles. The van der Waals surface area contributed by atoms with Gasteiger partial charge in [-0.2, -0.15) is 5.10 Å². The van der Waals surface area contributed by atoms with E-state index in [1.54, 1.807) is 6.21 Å². The SMILES string of the molecule is Cc1cc(/C=N/NC(=S)NCC[NH+]2CCOCC2)cc(C)c1O. The monoisotopic (exact) mass is 337 g/mol. The molecule has 0 amide bonds. The third-order valence-corrected chi connectivity index (χ3v) is 4.09. The molecule has 7 heteroatoms. The smallest absolute Gasteiger partial charge is 0.187 e. The molecule has 1 aliphatic rings. The van der Waals surface area contributed by atoms with Gasteiger partial charge in [-0.15, -0.1) is 0 Å². The van der Waals surface area contributed by atoms with Crippen LogP contribution in [0.25, 0.3) is 0 Å². The van der Waals surface area contributed by atoms with Crippen LogP contribution < -0.4 is 15.6 Å². The fraction of sp³-hybridized carbons (Fsp3) is 0.500. The molecule has 1 aliphatic heterocycles. The van der Waals surface area contributed by atoms with Crippen molar-refractivity contribution in [3.8, 4) is 5.75 Å². The van der Waals surface area contributed by atoms with E-state index in [1.165, 1.54) is 4.90 Å². The number of ether oxygens (including phenoxy) is 1. The normalized spacial score (nSPS) is 15.7. The predicted octanol–water partition coefficient (Wildman–Crippen LogP) is -0.278. The maximum absolute atomic E-state index is 9.75. The highest BCUT2D eigenvalue weighted by Gasteiger charge is 2.12. The average Bonchev–Trinajstić information content (AvgIpc) is 2.53. The highest BCUT2D eigenvalue weighted by molar-refractivity contribution is 7.80. The molecule has 1 heterocycles. The molecule has 23 heavy (non-hydrogen) atoms. The minimum absolute atomic E-state index is 0.331. The summed E-state index contributed by atoms with van der Waals surface area (Å²) in [6.45, 7) is 9.36. The first-order valence-electron chi connectivity index (χ1n) is 7.84. The van der Waals surface area contributed by atoms with Crippen molar-refractivity contribution in [2.45, 2.75) is 13.8 Å². The Morgan fingerprint density at radius 1 is 1.35 bits per heavy atom. The lowest BCUT2D eigenvalue weighted by Gasteiger charge is -2.23. The number of hydrogen-bond acceptors (Lipinski definition) is 4. The average molecular weight is 337 g/mol. The molecule has 0 aromatic heterocycles. The van der Waals surface area contributed by atoms with Crippen molar-refractivity contribution in [1.82, 2.24) is 10.7 Å². The van der Waals surface area contributed by atoms with E-state index in [0.29, 0.717) is 10.9 Å². The van der Waals surface area contributed by atoms with Crippen LogP contribution in [-0.4, -0.2) is 55.8 Å². The van der Waals surface area contributed by atoms with Crippen LogP contribution in [0.2, 0.25) is 0 Å². The summed E-state index contributed by atoms with van der Waals surface area (Å²) in [4.78, 5) is 1.53. The number of hydrazone groups is 1. The maximum Gasteiger partial charge on any atom is 0.187 e. The van der Waals surface area contributed by atoms with Crippen LogP contribution in [0.1, 0.15) is 16.7 Å². The van der Waals surface area contributed by atoms with Crippen LogP contribution in [0, 0.1) is 13.8 Å². The number of hydrogen-bond donors (Lipinski definition) is 4. The second kappa shape index (κ2) is 8.81. The largest absolute Gasteiger partial charge is 0.507 e. The Kier molecular flexibility index (Phi) is 6.76. The Bertz CT molecular complexity index is 548. The Hall–Kier alpha value is -1.70. The summed E-state index contributed by atoms with van der Waals surface area (Å²) in [6.07, 6.45) is 1.70. The van der Waals surface area contributed by atoms with Gasteiger partial charge in [0.15, 0.2) is 5.11 Å². The molecule has 1 aromatic rings. The summed E-state index contributed by atoms with van der Waals surface area (Å²) in [6, 6.07) is 3.76. The minimum atomic E-state index is 0.331. The standard InChI is InChI=1S/C16H24N4O2S/c1-12-9-14(10-13(2)15(12)21)11-18-19-16(23)17-3-4-20-5-7-22-8-6-20/h9-11,21H,3-8H2,1-2H3,(H2,17,19,23)/p+1/b18-11+. The number of benzene rings is 1. The molecule has 0 spiro atoms. The van der Waals surface area contributed by atoms with Crippen molar-refractivity contribution in [3.05, 3.63) is 28.8 Å². The zero-order valence-corrected chi connectivity index (χ0v) is 14.5. The zero-order valence-electron chi connectivity index (χ0n) is 13.7. The molecule has 6 nitrogen and oxygen atoms in total. The van der Waals surface area contributed by atoms with Crippen molar-refractivity contribution in [3.63, 3.8) is 0 Å². The Balaban J connectivity index is 1.71. The summed E-state index contributed by atoms with van der Waals surface area (Å²) in [7, 11) is 0. The number of aromatic hydroxyl groups is 1. The van der Waals surface area contributed by atoms with Gasteiger partial charge in [0.1, 0.15) is 18.8 Å². The predicted molar refractivity (Wildman–Crippen MR) is 95.3 cm³/mol. The fourth-order valence-corrected chi connectivity index (χ4v) is 2.69. The number of rotatable bonds is 5. The molecular formula is C16H25N4O2S+. The maximum atomic E-state index is 9.75. The van der Waals surface area contributed by atoms with Gasteiger partial charge >= 0.3 is 0 Å². The third-order valence-electron chi connectivity index (χ3n) is 3.86. The molecule has 0 saturated carbocycles. The van der Waals surface area contributed by atoms with E-state index in [0.717, 1.165) is 56.1 Å². The van der Waals surface area contributed by atoms with E-state index in [2.05, 4.69) is 15.8 Å². The lowest BCUT2D eigenvalue weighted by molar-refractivity contribution is -0.906. The van der Waals surface area contributed by atoms with Gasteiger partial charge in [-0.3, -0.25) is 5.43 Å². The lowest BCUT2D eigenvalue weighted by Crippen LogP contribution is -3.14. The molecule has 0 aliphatic carbocycles. The van der Waals surface area contributed by atoms with E-state index < -0.39 is 0 Å². The molecule has 1 fully saturated rings. The highest BCUT2D eigenvalue weighted by Crippen LogP contribution is 2.21. The minimum Gasteiger partial charge on any atom is -0.507 e. The van der Waals surface area contributed by atoms with Crippen LogP contribution in [0.4, 0.5) is 0 Å². The number of morpholine rings is 1. The van der Waals surface area contributed by atoms with Gasteiger partial charge in [0, 0.05) is 0 Å². The summed E-state index contributed by atoms with van der Waals surface area (Å²) < 4.78 is 5.33. The van der Waals surface area contributed by atoms with E-state index >= 15 is 0 Å². The quantitative estimate of drug-likeness (QED) is 0.338. The van der Waals surface area contributed by atoms with Crippen molar-refractivity contribution >= 4 is 23.5 Å². The van der Waals surface area contributed by atoms with E-state index in [9.17, 15) is 5.11 Å². The van der Waals surface area contributed by atoms with Gasteiger partial charge in [0.2, 0.25) is 0 Å². The Morgan fingerprint density at radius 3 is 2.65 bits per heavy atom. The van der Waals surface area contributed by atoms with Crippen molar-refractivity contribution in [2.24, 2.45) is 5.10 Å². The highest BCUT2D eigenvalue weighted by atomic mass is 32.1. The summed E-state index contributed by atoms with van der Waals surface area (Å²) in [5, 5.41) is 17.5. The molecule has 1 saturated heterocycles. The van der Waals surface area contributed by atoms with Crippen molar-refractivity contribution in [1.29, 1.82) is 0 Å². The second-order valence-electron chi connectivity index (χ2n) is 5.74. The van der Waals surface area contributed by atoms with Crippen LogP contribution >= 0.6 is 12.2 Å². The van der Waals surface area contributed by atoms with Gasteiger partial charge in [0.05, 0.1) is 32.5 Å². The first-order chi connectivity index (χ1) is 11.1. The van der Waals surface area contributed by atoms with Gasteiger partial charge < -0.3 is 20.1 Å². The summed E-state index contributed by atoms with van der Waals surface area (Å²) in [5.41, 5.74) is 5.41. The lowest BCUT2D eigenvalue weighted by atomic mass is 10.1. The first kappa shape index (κ1) is 17.7. The first-order valence-corrected chi connectivity index (χ1v) is 8.25. The van der Waals surface area contributed by atoms with E-state index in [1.807, 2.05) is 26.0 Å². The number of phenolic OH excluding ortho intramolecular Hbond substituents is 1. The molecule has 2 rings (SSSR count). The number of thiocarbonyl (C=S) groups is 1. The van der Waals surface area contributed by atoms with E-state index in [-0.39, 0.29) is 0 Å². The number of aryl methyl sites for hydroxylation is 2. The van der Waals surface area contributed by atoms with Crippen molar-refractivity contribution in [2.75, 3.05) is 39.4 Å². The third kappa shape index (κ3) is 5.78. The molecular weight excluding hydrogens is 312 g/mol. The summed E-state index contributed by atoms with van der Waals surface area (Å²) >= 11 is 5.20. The summed E-state index contributed by atoms with van der Waals surface area (Å²) in [5.74, 6) is 0.331. The molecule has 0 atom stereocenters. The molecule has 0 radical (unpaired) electrons. The molecule has 4 N–H and O–H groups in total. The second-order valence-corrected chi connectivity index (χ2v) is 6.15. The fourth-order valence-electron chi connectivity index (χ4n) is 2.53. The molecule has 0 bridgehead atoms. The molecule has 126 valence electrons. The van der Waals surface area contributed by atoms with Crippen LogP contribution in [0.5, 0.6) is 5.75 Å². The number of phenols is 1. The van der Waals surface area contributed by atoms with E-state index in [4.69, 9.17) is 17.0 Å². The number of nitrogens with one attached hydrogen (secondary N) is 3.